The van der Waals surface area contributed by atoms with Crippen molar-refractivity contribution in [2.75, 3.05) is 5.48 Å². The lowest BCUT2D eigenvalue weighted by molar-refractivity contribution is 0.0473. The van der Waals surface area contributed by atoms with Crippen LogP contribution in [0.3, 0.4) is 0 Å². The summed E-state index contributed by atoms with van der Waals surface area (Å²) in [5, 5.41) is 11.7. The fourth-order valence-electron chi connectivity index (χ4n) is 3.31. The van der Waals surface area contributed by atoms with Crippen molar-refractivity contribution in [1.29, 1.82) is 0 Å². The maximum absolute atomic E-state index is 12.8. The molecule has 0 aliphatic heterocycles. The van der Waals surface area contributed by atoms with Crippen LogP contribution in [0.5, 0.6) is 11.5 Å². The third-order valence-corrected chi connectivity index (χ3v) is 5.10. The van der Waals surface area contributed by atoms with Gasteiger partial charge >= 0.3 is 5.97 Å². The van der Waals surface area contributed by atoms with Gasteiger partial charge in [0.05, 0.1) is 5.56 Å². The van der Waals surface area contributed by atoms with Crippen LogP contribution in [0.15, 0.2) is 103 Å². The van der Waals surface area contributed by atoms with Crippen LogP contribution in [-0.4, -0.2) is 5.97 Å². The molecule has 1 N–H and O–H groups in total. The predicted octanol–water partition coefficient (Wildman–Crippen LogP) is 6.11. The van der Waals surface area contributed by atoms with Crippen LogP contribution in [0.1, 0.15) is 27.0 Å². The lowest BCUT2D eigenvalue weighted by atomic mass is 10.1. The Morgan fingerprint density at radius 1 is 0.647 bits per heavy atom. The molecular weight excluding hydrogens is 430 g/mol. The van der Waals surface area contributed by atoms with Gasteiger partial charge in [-0.2, -0.15) is 0 Å². The second kappa shape index (κ2) is 11.5. The minimum atomic E-state index is -0.638. The average Bonchev–Trinajstić information content (AvgIpc) is 2.91. The van der Waals surface area contributed by atoms with E-state index in [4.69, 9.17) is 14.2 Å². The van der Waals surface area contributed by atoms with Gasteiger partial charge in [0.2, 0.25) is 0 Å². The number of hydrogen-bond acceptors (Lipinski definition) is 6. The Morgan fingerprint density at radius 3 is 1.56 bits per heavy atom. The fraction of sp³-hybridized carbons (Fsp3) is 0.107. The number of ether oxygens (including phenoxy) is 3. The zero-order valence-electron chi connectivity index (χ0n) is 18.5. The summed E-state index contributed by atoms with van der Waals surface area (Å²) in [5.41, 5.74) is 4.70. The number of hydrogen-bond donors (Lipinski definition) is 1. The van der Waals surface area contributed by atoms with E-state index in [1.807, 2.05) is 96.5 Å². The van der Waals surface area contributed by atoms with E-state index in [1.165, 1.54) is 12.1 Å². The number of nitrogens with one attached hydrogen (secondary N) is 1. The maximum Gasteiger partial charge on any atom is 0.340 e. The lowest BCUT2D eigenvalue weighted by Gasteiger charge is -2.20. The molecule has 0 amide bonds. The Labute approximate surface area is 198 Å². The molecule has 0 atom stereocenters. The number of carbonyl (C=O) groups excluding carboxylic acids is 1. The number of benzene rings is 4. The van der Waals surface area contributed by atoms with E-state index in [2.05, 4.69) is 0 Å². The van der Waals surface area contributed by atoms with E-state index >= 15 is 0 Å². The second-order valence-corrected chi connectivity index (χ2v) is 7.56. The molecule has 0 heterocycles. The Bertz CT molecular complexity index is 1200. The van der Waals surface area contributed by atoms with Crippen molar-refractivity contribution >= 4 is 11.7 Å². The van der Waals surface area contributed by atoms with Crippen molar-refractivity contribution in [3.05, 3.63) is 131 Å². The van der Waals surface area contributed by atoms with Crippen molar-refractivity contribution < 1.29 is 19.0 Å². The molecular formula is C28H24NO5-. The van der Waals surface area contributed by atoms with Crippen molar-refractivity contribution in [3.8, 4) is 11.5 Å². The summed E-state index contributed by atoms with van der Waals surface area (Å²) in [5.74, 6) is 0.0459. The first-order chi connectivity index (χ1) is 16.7. The molecule has 0 unspecified atom stereocenters. The SMILES string of the molecule is O=C(OCc1ccccc1)c1cc(OCc2ccccc2)c(OCc2ccccc2)cc1N[O-]. The summed E-state index contributed by atoms with van der Waals surface area (Å²) >= 11 is 0. The van der Waals surface area contributed by atoms with Crippen LogP contribution in [0.25, 0.3) is 0 Å². The Hall–Kier alpha value is -4.29. The molecule has 0 radical (unpaired) electrons. The highest BCUT2D eigenvalue weighted by Gasteiger charge is 2.18. The number of carbonyl (C=O) groups is 1. The standard InChI is InChI=1S/C28H24NO5/c30-28(34-20-23-14-8-3-9-15-23)24-16-26(32-18-21-10-4-1-5-11-21)27(17-25(24)29-31)33-19-22-12-6-2-7-13-22/h1-17,29H,18-20H2/q-1. The molecule has 0 saturated heterocycles. The molecule has 172 valence electrons. The summed E-state index contributed by atoms with van der Waals surface area (Å²) in [6.45, 7) is 0.633. The zero-order chi connectivity index (χ0) is 23.6. The summed E-state index contributed by atoms with van der Waals surface area (Å²) in [7, 11) is 0. The molecule has 0 bridgehead atoms. The molecule has 0 aliphatic rings. The number of anilines is 1. The van der Waals surface area contributed by atoms with E-state index in [-0.39, 0.29) is 31.1 Å². The van der Waals surface area contributed by atoms with Gasteiger partial charge in [0, 0.05) is 17.8 Å². The monoisotopic (exact) mass is 454 g/mol. The largest absolute Gasteiger partial charge is 0.761 e. The molecule has 0 fully saturated rings. The number of esters is 1. The molecule has 6 heteroatoms. The lowest BCUT2D eigenvalue weighted by Crippen LogP contribution is -2.10. The van der Waals surface area contributed by atoms with E-state index in [9.17, 15) is 10.0 Å². The van der Waals surface area contributed by atoms with Crippen molar-refractivity contribution in [1.82, 2.24) is 0 Å². The topological polar surface area (TPSA) is 79.9 Å². The molecule has 4 aromatic carbocycles. The Morgan fingerprint density at radius 2 is 1.09 bits per heavy atom. The molecule has 0 aliphatic carbocycles. The highest BCUT2D eigenvalue weighted by atomic mass is 16.5. The molecule has 4 aromatic rings. The van der Waals surface area contributed by atoms with Gasteiger partial charge in [0.25, 0.3) is 0 Å². The minimum absolute atomic E-state index is 0.0492. The molecule has 0 spiro atoms. The molecule has 0 aromatic heterocycles. The third-order valence-electron chi connectivity index (χ3n) is 5.10. The average molecular weight is 455 g/mol. The van der Waals surface area contributed by atoms with Gasteiger partial charge in [-0.25, -0.2) is 4.79 Å². The third kappa shape index (κ3) is 6.15. The summed E-state index contributed by atoms with van der Waals surface area (Å²) in [4.78, 5) is 12.8. The normalized spacial score (nSPS) is 10.4. The van der Waals surface area contributed by atoms with Gasteiger partial charge < -0.3 is 24.9 Å². The van der Waals surface area contributed by atoms with Crippen molar-refractivity contribution in [3.63, 3.8) is 0 Å². The molecule has 6 nitrogen and oxygen atoms in total. The van der Waals surface area contributed by atoms with Crippen LogP contribution < -0.4 is 15.0 Å². The van der Waals surface area contributed by atoms with E-state index in [0.717, 1.165) is 16.7 Å². The summed E-state index contributed by atoms with van der Waals surface area (Å²) in [6, 6.07) is 31.5. The minimum Gasteiger partial charge on any atom is -0.761 e. The Kier molecular flexibility index (Phi) is 7.77. The molecule has 0 saturated carbocycles. The van der Waals surface area contributed by atoms with Gasteiger partial charge in [-0.15, -0.1) is 0 Å². The van der Waals surface area contributed by atoms with Crippen LogP contribution in [-0.2, 0) is 24.6 Å². The first-order valence-corrected chi connectivity index (χ1v) is 10.8. The number of rotatable bonds is 10. The highest BCUT2D eigenvalue weighted by molar-refractivity contribution is 5.97. The van der Waals surface area contributed by atoms with Gasteiger partial charge in [-0.3, -0.25) is 0 Å². The smallest absolute Gasteiger partial charge is 0.340 e. The van der Waals surface area contributed by atoms with E-state index in [0.29, 0.717) is 11.5 Å². The van der Waals surface area contributed by atoms with Gasteiger partial charge in [0.15, 0.2) is 11.5 Å². The first-order valence-electron chi connectivity index (χ1n) is 10.8. The predicted molar refractivity (Wildman–Crippen MR) is 131 cm³/mol. The highest BCUT2D eigenvalue weighted by Crippen LogP contribution is 2.35. The fourth-order valence-corrected chi connectivity index (χ4v) is 3.31. The van der Waals surface area contributed by atoms with Crippen molar-refractivity contribution in [2.24, 2.45) is 0 Å². The van der Waals surface area contributed by atoms with Crippen LogP contribution in [0.4, 0.5) is 5.69 Å². The van der Waals surface area contributed by atoms with Gasteiger partial charge in [-0.1, -0.05) is 91.0 Å². The first kappa shape index (κ1) is 22.9. The van der Waals surface area contributed by atoms with Gasteiger partial charge in [0.1, 0.15) is 19.8 Å². The van der Waals surface area contributed by atoms with E-state index < -0.39 is 5.97 Å². The van der Waals surface area contributed by atoms with Gasteiger partial charge in [-0.05, 0) is 16.7 Å². The molecule has 4 rings (SSSR count). The Balaban J connectivity index is 1.57. The maximum atomic E-state index is 12.8. The zero-order valence-corrected chi connectivity index (χ0v) is 18.5. The van der Waals surface area contributed by atoms with Crippen LogP contribution in [0, 0.1) is 5.21 Å². The summed E-state index contributed by atoms with van der Waals surface area (Å²) in [6.07, 6.45) is 0. The van der Waals surface area contributed by atoms with Crippen LogP contribution in [0.2, 0.25) is 0 Å². The summed E-state index contributed by atoms with van der Waals surface area (Å²) < 4.78 is 17.4. The quantitative estimate of drug-likeness (QED) is 0.230. The second-order valence-electron chi connectivity index (χ2n) is 7.56. The van der Waals surface area contributed by atoms with Crippen molar-refractivity contribution in [2.45, 2.75) is 19.8 Å². The van der Waals surface area contributed by atoms with Crippen LogP contribution >= 0.6 is 0 Å². The molecule has 34 heavy (non-hydrogen) atoms. The van der Waals surface area contributed by atoms with E-state index in [1.54, 1.807) is 0 Å².